The van der Waals surface area contributed by atoms with Crippen LogP contribution in [0.3, 0.4) is 0 Å². The third-order valence-electron chi connectivity index (χ3n) is 1.82. The minimum Gasteiger partial charge on any atom is -0.481 e. The van der Waals surface area contributed by atoms with Gasteiger partial charge in [-0.2, -0.15) is 9.78 Å². The smallest absolute Gasteiger partial charge is 0.435 e. The molecule has 0 aliphatic carbocycles. The van der Waals surface area contributed by atoms with Crippen LogP contribution in [0.4, 0.5) is 4.79 Å². The van der Waals surface area contributed by atoms with Crippen LogP contribution >= 0.6 is 0 Å². The lowest BCUT2D eigenvalue weighted by molar-refractivity contribution is -0.136. The molecule has 0 aliphatic rings. The number of carbonyl (C=O) groups is 3. The number of ether oxygens (including phenoxy) is 1. The number of rotatable bonds is 3. The average Bonchev–Trinajstić information content (AvgIpc) is 2.57. The minimum atomic E-state index is -1.13. The fourth-order valence-electron chi connectivity index (χ4n) is 1.24. The van der Waals surface area contributed by atoms with E-state index in [1.807, 2.05) is 0 Å². The molecular formula is C11H14N2O5. The Bertz CT molecular complexity index is 484. The van der Waals surface area contributed by atoms with Crippen LogP contribution in [0.25, 0.3) is 0 Å². The first-order chi connectivity index (χ1) is 8.23. The number of aromatic nitrogens is 2. The molecule has 0 saturated heterocycles. The van der Waals surface area contributed by atoms with Gasteiger partial charge in [0.2, 0.25) is 0 Å². The lowest BCUT2D eigenvalue weighted by Crippen LogP contribution is -2.29. The maximum atomic E-state index is 11.8. The van der Waals surface area contributed by atoms with Gasteiger partial charge in [-0.15, -0.1) is 0 Å². The van der Waals surface area contributed by atoms with Crippen LogP contribution in [0.15, 0.2) is 6.07 Å². The van der Waals surface area contributed by atoms with Crippen LogP contribution in [-0.2, 0) is 16.0 Å². The van der Waals surface area contributed by atoms with E-state index in [1.165, 1.54) is 6.07 Å². The summed E-state index contributed by atoms with van der Waals surface area (Å²) in [6.07, 6.45) is -0.793. The molecule has 0 aliphatic heterocycles. The second kappa shape index (κ2) is 4.99. The van der Waals surface area contributed by atoms with Gasteiger partial charge in [0.05, 0.1) is 12.1 Å². The highest BCUT2D eigenvalue weighted by molar-refractivity contribution is 5.78. The van der Waals surface area contributed by atoms with Gasteiger partial charge in [0.1, 0.15) is 11.3 Å². The Kier molecular flexibility index (Phi) is 3.85. The molecule has 7 nitrogen and oxygen atoms in total. The summed E-state index contributed by atoms with van der Waals surface area (Å²) in [5, 5.41) is 12.4. The summed E-state index contributed by atoms with van der Waals surface area (Å²) in [7, 11) is 0. The SMILES string of the molecule is CC(C)(C)OC(=O)n1nc(C=O)cc1CC(=O)O. The molecular weight excluding hydrogens is 240 g/mol. The molecule has 0 bridgehead atoms. The maximum Gasteiger partial charge on any atom is 0.435 e. The second-order valence-corrected chi connectivity index (χ2v) is 4.64. The zero-order chi connectivity index (χ0) is 13.9. The highest BCUT2D eigenvalue weighted by Gasteiger charge is 2.22. The standard InChI is InChI=1S/C11H14N2O5/c1-11(2,3)18-10(17)13-8(5-9(15)16)4-7(6-14)12-13/h4,6H,5H2,1-3H3,(H,15,16). The van der Waals surface area contributed by atoms with Gasteiger partial charge in [0.25, 0.3) is 0 Å². The predicted octanol–water partition coefficient (Wildman–Crippen LogP) is 1.11. The van der Waals surface area contributed by atoms with Crippen molar-refractivity contribution in [3.8, 4) is 0 Å². The van der Waals surface area contributed by atoms with Gasteiger partial charge in [-0.1, -0.05) is 0 Å². The van der Waals surface area contributed by atoms with Crippen molar-refractivity contribution in [3.05, 3.63) is 17.5 Å². The molecule has 1 heterocycles. The number of aldehydes is 1. The first-order valence-corrected chi connectivity index (χ1v) is 5.22. The Labute approximate surface area is 103 Å². The quantitative estimate of drug-likeness (QED) is 0.811. The van der Waals surface area contributed by atoms with Crippen molar-refractivity contribution in [3.63, 3.8) is 0 Å². The van der Waals surface area contributed by atoms with E-state index in [2.05, 4.69) is 5.10 Å². The molecule has 18 heavy (non-hydrogen) atoms. The van der Waals surface area contributed by atoms with Crippen molar-refractivity contribution in [2.75, 3.05) is 0 Å². The van der Waals surface area contributed by atoms with Crippen molar-refractivity contribution >= 4 is 18.3 Å². The molecule has 0 fully saturated rings. The third-order valence-corrected chi connectivity index (χ3v) is 1.82. The van der Waals surface area contributed by atoms with E-state index >= 15 is 0 Å². The van der Waals surface area contributed by atoms with E-state index in [0.717, 1.165) is 4.68 Å². The number of aliphatic carboxylic acids is 1. The number of hydrogen-bond donors (Lipinski definition) is 1. The van der Waals surface area contributed by atoms with Gasteiger partial charge in [-0.25, -0.2) is 4.79 Å². The van der Waals surface area contributed by atoms with Gasteiger partial charge in [0, 0.05) is 0 Å². The Morgan fingerprint density at radius 2 is 2.11 bits per heavy atom. The summed E-state index contributed by atoms with van der Waals surface area (Å²) in [5.74, 6) is -1.13. The summed E-state index contributed by atoms with van der Waals surface area (Å²) in [4.78, 5) is 33.0. The van der Waals surface area contributed by atoms with Gasteiger partial charge in [-0.3, -0.25) is 9.59 Å². The molecule has 98 valence electrons. The van der Waals surface area contributed by atoms with Crippen LogP contribution < -0.4 is 0 Å². The zero-order valence-electron chi connectivity index (χ0n) is 10.3. The molecule has 0 radical (unpaired) electrons. The van der Waals surface area contributed by atoms with Crippen LogP contribution in [0.1, 0.15) is 37.0 Å². The average molecular weight is 254 g/mol. The molecule has 1 rings (SSSR count). The predicted molar refractivity (Wildman–Crippen MR) is 60.6 cm³/mol. The normalized spacial score (nSPS) is 11.1. The highest BCUT2D eigenvalue weighted by atomic mass is 16.6. The molecule has 0 amide bonds. The van der Waals surface area contributed by atoms with Gasteiger partial charge in [-0.05, 0) is 26.8 Å². The third kappa shape index (κ3) is 3.69. The molecule has 0 saturated carbocycles. The Morgan fingerprint density at radius 3 is 2.56 bits per heavy atom. The largest absolute Gasteiger partial charge is 0.481 e. The van der Waals surface area contributed by atoms with Crippen molar-refractivity contribution in [1.82, 2.24) is 9.78 Å². The topological polar surface area (TPSA) is 98.5 Å². The van der Waals surface area contributed by atoms with Crippen LogP contribution in [0.2, 0.25) is 0 Å². The number of carbonyl (C=O) groups excluding carboxylic acids is 2. The fraction of sp³-hybridized carbons (Fsp3) is 0.455. The molecule has 1 N–H and O–H groups in total. The van der Waals surface area contributed by atoms with E-state index in [4.69, 9.17) is 9.84 Å². The van der Waals surface area contributed by atoms with Crippen LogP contribution in [0, 0.1) is 0 Å². The number of carboxylic acid groups (broad SMARTS) is 1. The summed E-state index contributed by atoms with van der Waals surface area (Å²) in [6, 6.07) is 1.24. The molecule has 0 unspecified atom stereocenters. The first-order valence-electron chi connectivity index (χ1n) is 5.22. The molecule has 7 heteroatoms. The summed E-state index contributed by atoms with van der Waals surface area (Å²) in [5.41, 5.74) is -0.652. The van der Waals surface area contributed by atoms with Crippen molar-refractivity contribution in [2.24, 2.45) is 0 Å². The van der Waals surface area contributed by atoms with Gasteiger partial charge >= 0.3 is 12.1 Å². The maximum absolute atomic E-state index is 11.8. The molecule has 0 aromatic carbocycles. The molecule has 0 atom stereocenters. The van der Waals surface area contributed by atoms with E-state index in [9.17, 15) is 14.4 Å². The Balaban J connectivity index is 3.05. The van der Waals surface area contributed by atoms with Gasteiger partial charge < -0.3 is 9.84 Å². The van der Waals surface area contributed by atoms with E-state index < -0.39 is 24.1 Å². The van der Waals surface area contributed by atoms with E-state index in [-0.39, 0.29) is 11.4 Å². The zero-order valence-corrected chi connectivity index (χ0v) is 10.3. The minimum absolute atomic E-state index is 0.0166. The lowest BCUT2D eigenvalue weighted by Gasteiger charge is -2.19. The monoisotopic (exact) mass is 254 g/mol. The lowest BCUT2D eigenvalue weighted by atomic mass is 10.2. The summed E-state index contributed by atoms with van der Waals surface area (Å²) >= 11 is 0. The van der Waals surface area contributed by atoms with E-state index in [1.54, 1.807) is 20.8 Å². The summed E-state index contributed by atoms with van der Waals surface area (Å²) in [6.45, 7) is 5.02. The Morgan fingerprint density at radius 1 is 1.50 bits per heavy atom. The molecule has 1 aromatic rings. The molecule has 1 aromatic heterocycles. The first kappa shape index (κ1) is 13.9. The molecule has 0 spiro atoms. The Hall–Kier alpha value is -2.18. The summed E-state index contributed by atoms with van der Waals surface area (Å²) < 4.78 is 5.85. The van der Waals surface area contributed by atoms with Crippen LogP contribution in [-0.4, -0.2) is 38.8 Å². The second-order valence-electron chi connectivity index (χ2n) is 4.64. The highest BCUT2D eigenvalue weighted by Crippen LogP contribution is 2.11. The van der Waals surface area contributed by atoms with Gasteiger partial charge in [0.15, 0.2) is 6.29 Å². The van der Waals surface area contributed by atoms with Crippen LogP contribution in [0.5, 0.6) is 0 Å². The van der Waals surface area contributed by atoms with E-state index in [0.29, 0.717) is 6.29 Å². The van der Waals surface area contributed by atoms with Crippen molar-refractivity contribution in [2.45, 2.75) is 32.8 Å². The number of nitrogens with zero attached hydrogens (tertiary/aromatic N) is 2. The fourth-order valence-corrected chi connectivity index (χ4v) is 1.24. The number of hydrogen-bond acceptors (Lipinski definition) is 5. The van der Waals surface area contributed by atoms with Crippen molar-refractivity contribution in [1.29, 1.82) is 0 Å². The number of carboxylic acids is 1. The van der Waals surface area contributed by atoms with Crippen molar-refractivity contribution < 1.29 is 24.2 Å².